The van der Waals surface area contributed by atoms with E-state index in [2.05, 4.69) is 5.32 Å². The molecule has 2 heterocycles. The van der Waals surface area contributed by atoms with E-state index >= 15 is 0 Å². The number of amides is 2. The van der Waals surface area contributed by atoms with Crippen LogP contribution in [0.1, 0.15) is 60.6 Å². The lowest BCUT2D eigenvalue weighted by Gasteiger charge is -2.45. The van der Waals surface area contributed by atoms with Crippen molar-refractivity contribution in [1.29, 1.82) is 0 Å². The Hall–Kier alpha value is -3.48. The summed E-state index contributed by atoms with van der Waals surface area (Å²) in [6, 6.07) is 13.7. The van der Waals surface area contributed by atoms with Crippen LogP contribution in [0.15, 0.2) is 42.5 Å². The first-order valence-corrected chi connectivity index (χ1v) is 12.8. The van der Waals surface area contributed by atoms with Crippen molar-refractivity contribution in [3.8, 4) is 11.5 Å². The van der Waals surface area contributed by atoms with Crippen LogP contribution in [0, 0.1) is 6.92 Å². The number of hydrogen-bond donors (Lipinski definition) is 1. The van der Waals surface area contributed by atoms with Crippen LogP contribution in [0.5, 0.6) is 11.5 Å². The van der Waals surface area contributed by atoms with E-state index in [9.17, 15) is 9.59 Å². The van der Waals surface area contributed by atoms with Crippen molar-refractivity contribution >= 4 is 22.7 Å². The van der Waals surface area contributed by atoms with Gasteiger partial charge in [-0.15, -0.1) is 0 Å². The molecule has 7 nitrogen and oxygen atoms in total. The standard InChI is InChI=1S/C29H35N3O4/c1-19-10-8-9-11-20(19)17-32-27(33)23-16-22-24(35-3)14-15-25(36-4)26(22)31(23)18-29(32,2)28(34)30-21-12-6-5-7-13-21/h8-11,14-16,21H,5-7,12-13,17-18H2,1-4H3,(H,30,34). The van der Waals surface area contributed by atoms with Crippen LogP contribution in [0.25, 0.3) is 10.9 Å². The smallest absolute Gasteiger partial charge is 0.271 e. The highest BCUT2D eigenvalue weighted by Crippen LogP contribution is 2.40. The number of fused-ring (bicyclic) bond motifs is 3. The van der Waals surface area contributed by atoms with Crippen molar-refractivity contribution < 1.29 is 19.1 Å². The average Bonchev–Trinajstić information content (AvgIpc) is 3.27. The van der Waals surface area contributed by atoms with E-state index in [0.29, 0.717) is 30.3 Å². The maximum absolute atomic E-state index is 14.2. The van der Waals surface area contributed by atoms with Crippen LogP contribution >= 0.6 is 0 Å². The van der Waals surface area contributed by atoms with E-state index in [1.54, 1.807) is 19.1 Å². The molecule has 0 saturated heterocycles. The quantitative estimate of drug-likeness (QED) is 0.538. The molecule has 36 heavy (non-hydrogen) atoms. The molecule has 1 aliphatic heterocycles. The van der Waals surface area contributed by atoms with Gasteiger partial charge in [0.2, 0.25) is 5.91 Å². The normalized spacial score (nSPS) is 20.3. The predicted molar refractivity (Wildman–Crippen MR) is 140 cm³/mol. The van der Waals surface area contributed by atoms with Crippen LogP contribution in [0.3, 0.4) is 0 Å². The minimum Gasteiger partial charge on any atom is -0.496 e. The molecular formula is C29H35N3O4. The summed E-state index contributed by atoms with van der Waals surface area (Å²) in [5.74, 6) is 1.03. The first-order valence-electron chi connectivity index (χ1n) is 12.8. The highest BCUT2D eigenvalue weighted by Gasteiger charge is 2.48. The number of aryl methyl sites for hydroxylation is 1. The van der Waals surface area contributed by atoms with Gasteiger partial charge in [0.05, 0.1) is 26.3 Å². The zero-order valence-electron chi connectivity index (χ0n) is 21.6. The summed E-state index contributed by atoms with van der Waals surface area (Å²) in [4.78, 5) is 29.9. The second-order valence-corrected chi connectivity index (χ2v) is 10.2. The number of nitrogens with zero attached hydrogens (tertiary/aromatic N) is 2. The number of benzene rings is 2. The SMILES string of the molecule is COc1ccc(OC)c2c1cc1n2CC(C)(C(=O)NC2CCCCC2)N(Cc2ccccc2C)C1=O. The molecule has 1 saturated carbocycles. The molecule has 7 heteroatoms. The molecule has 2 aliphatic rings. The average molecular weight is 490 g/mol. The van der Waals surface area contributed by atoms with Crippen molar-refractivity contribution in [2.75, 3.05) is 14.2 Å². The lowest BCUT2D eigenvalue weighted by Crippen LogP contribution is -2.64. The van der Waals surface area contributed by atoms with Gasteiger partial charge in [-0.3, -0.25) is 9.59 Å². The van der Waals surface area contributed by atoms with Crippen LogP contribution in [-0.4, -0.2) is 47.1 Å². The molecule has 1 N–H and O–H groups in total. The van der Waals surface area contributed by atoms with Crippen molar-refractivity contribution in [2.45, 2.75) is 70.6 Å². The van der Waals surface area contributed by atoms with Crippen molar-refractivity contribution in [2.24, 2.45) is 0 Å². The van der Waals surface area contributed by atoms with E-state index in [1.807, 2.05) is 60.9 Å². The van der Waals surface area contributed by atoms with Gasteiger partial charge in [-0.1, -0.05) is 43.5 Å². The number of carbonyl (C=O) groups excluding carboxylic acids is 2. The molecular weight excluding hydrogens is 454 g/mol. The second kappa shape index (κ2) is 9.52. The molecule has 0 bridgehead atoms. The fourth-order valence-corrected chi connectivity index (χ4v) is 5.75. The zero-order valence-corrected chi connectivity index (χ0v) is 21.6. The summed E-state index contributed by atoms with van der Waals surface area (Å²) in [6.07, 6.45) is 5.42. The first-order chi connectivity index (χ1) is 17.4. The summed E-state index contributed by atoms with van der Waals surface area (Å²) < 4.78 is 13.2. The van der Waals surface area contributed by atoms with Gasteiger partial charge in [0.1, 0.15) is 22.7 Å². The third-order valence-corrected chi connectivity index (χ3v) is 7.97. The Morgan fingerprint density at radius 3 is 2.44 bits per heavy atom. The van der Waals surface area contributed by atoms with Gasteiger partial charge >= 0.3 is 0 Å². The maximum Gasteiger partial charge on any atom is 0.271 e. The third kappa shape index (κ3) is 4.00. The summed E-state index contributed by atoms with van der Waals surface area (Å²) in [5.41, 5.74) is 2.35. The number of hydrogen-bond acceptors (Lipinski definition) is 4. The van der Waals surface area contributed by atoms with Crippen LogP contribution in [0.2, 0.25) is 0 Å². The Labute approximate surface area is 212 Å². The fourth-order valence-electron chi connectivity index (χ4n) is 5.75. The van der Waals surface area contributed by atoms with Gasteiger partial charge in [0.25, 0.3) is 5.91 Å². The lowest BCUT2D eigenvalue weighted by atomic mass is 9.90. The molecule has 1 unspecified atom stereocenters. The number of aromatic nitrogens is 1. The molecule has 5 rings (SSSR count). The third-order valence-electron chi connectivity index (χ3n) is 7.97. The molecule has 190 valence electrons. The summed E-state index contributed by atoms with van der Waals surface area (Å²) in [5, 5.41) is 4.10. The molecule has 0 spiro atoms. The van der Waals surface area contributed by atoms with E-state index in [4.69, 9.17) is 9.47 Å². The Bertz CT molecular complexity index is 1310. The molecule has 1 aliphatic carbocycles. The van der Waals surface area contributed by atoms with E-state index in [0.717, 1.165) is 47.7 Å². The molecule has 1 fully saturated rings. The fraction of sp³-hybridized carbons (Fsp3) is 0.448. The highest BCUT2D eigenvalue weighted by molar-refractivity contribution is 6.06. The minimum absolute atomic E-state index is 0.106. The molecule has 2 amide bonds. The monoisotopic (exact) mass is 489 g/mol. The zero-order chi connectivity index (χ0) is 25.4. The number of nitrogens with one attached hydrogen (secondary N) is 1. The van der Waals surface area contributed by atoms with Gasteiger partial charge in [-0.05, 0) is 56.0 Å². The van der Waals surface area contributed by atoms with Crippen molar-refractivity contribution in [1.82, 2.24) is 14.8 Å². The second-order valence-electron chi connectivity index (χ2n) is 10.2. The van der Waals surface area contributed by atoms with Gasteiger partial charge in [0.15, 0.2) is 0 Å². The van der Waals surface area contributed by atoms with Gasteiger partial charge in [-0.2, -0.15) is 0 Å². The van der Waals surface area contributed by atoms with Crippen LogP contribution in [-0.2, 0) is 17.9 Å². The largest absolute Gasteiger partial charge is 0.496 e. The van der Waals surface area contributed by atoms with Crippen molar-refractivity contribution in [3.63, 3.8) is 0 Å². The molecule has 2 aromatic carbocycles. The Kier molecular flexibility index (Phi) is 6.41. The van der Waals surface area contributed by atoms with E-state index in [1.165, 1.54) is 6.42 Å². The van der Waals surface area contributed by atoms with Crippen LogP contribution in [0.4, 0.5) is 0 Å². The Morgan fingerprint density at radius 2 is 1.75 bits per heavy atom. The summed E-state index contributed by atoms with van der Waals surface area (Å²) in [6.45, 7) is 4.61. The van der Waals surface area contributed by atoms with E-state index < -0.39 is 5.54 Å². The Morgan fingerprint density at radius 1 is 1.06 bits per heavy atom. The minimum atomic E-state index is -1.08. The van der Waals surface area contributed by atoms with E-state index in [-0.39, 0.29) is 17.9 Å². The molecule has 1 atom stereocenters. The van der Waals surface area contributed by atoms with Gasteiger partial charge in [-0.25, -0.2) is 0 Å². The first kappa shape index (κ1) is 24.2. The van der Waals surface area contributed by atoms with Crippen LogP contribution < -0.4 is 14.8 Å². The topological polar surface area (TPSA) is 72.8 Å². The molecule has 3 aromatic rings. The molecule has 1 aromatic heterocycles. The summed E-state index contributed by atoms with van der Waals surface area (Å²) >= 11 is 0. The number of carbonyl (C=O) groups is 2. The number of rotatable bonds is 6. The number of methoxy groups -OCH3 is 2. The lowest BCUT2D eigenvalue weighted by molar-refractivity contribution is -0.134. The van der Waals surface area contributed by atoms with Gasteiger partial charge < -0.3 is 24.3 Å². The van der Waals surface area contributed by atoms with Crippen molar-refractivity contribution in [3.05, 3.63) is 59.3 Å². The summed E-state index contributed by atoms with van der Waals surface area (Å²) in [7, 11) is 3.23. The van der Waals surface area contributed by atoms with Gasteiger partial charge in [0, 0.05) is 18.0 Å². The Balaban J connectivity index is 1.63. The number of ether oxygens (including phenoxy) is 2. The predicted octanol–water partition coefficient (Wildman–Crippen LogP) is 4.83. The molecule has 0 radical (unpaired) electrons. The maximum atomic E-state index is 14.2. The highest BCUT2D eigenvalue weighted by atomic mass is 16.5.